The Labute approximate surface area is 116 Å². The first-order valence-corrected chi connectivity index (χ1v) is 6.67. The Morgan fingerprint density at radius 2 is 2.20 bits per heavy atom. The molecule has 1 fully saturated rings. The van der Waals surface area contributed by atoms with E-state index in [1.807, 2.05) is 18.2 Å². The molecule has 1 aliphatic rings. The summed E-state index contributed by atoms with van der Waals surface area (Å²) in [5.74, 6) is -0.316. The molecule has 104 valence electrons. The predicted molar refractivity (Wildman–Crippen MR) is 72.5 cm³/mol. The predicted octanol–water partition coefficient (Wildman–Crippen LogP) is 2.36. The van der Waals surface area contributed by atoms with Gasteiger partial charge in [-0.05, 0) is 18.5 Å². The fourth-order valence-corrected chi connectivity index (χ4v) is 2.59. The van der Waals surface area contributed by atoms with Crippen LogP contribution in [0.25, 0.3) is 0 Å². The van der Waals surface area contributed by atoms with Crippen LogP contribution in [0, 0.1) is 0 Å². The maximum atomic E-state index is 10.8. The van der Waals surface area contributed by atoms with Crippen molar-refractivity contribution in [2.45, 2.75) is 18.9 Å². The van der Waals surface area contributed by atoms with Crippen LogP contribution in [-0.2, 0) is 6.54 Å². The van der Waals surface area contributed by atoms with E-state index in [-0.39, 0.29) is 11.6 Å². The first-order chi connectivity index (χ1) is 9.72. The molecule has 2 aromatic rings. The molecule has 1 unspecified atom stereocenters. The van der Waals surface area contributed by atoms with Gasteiger partial charge in [0, 0.05) is 19.0 Å². The summed E-state index contributed by atoms with van der Waals surface area (Å²) in [7, 11) is 0. The van der Waals surface area contributed by atoms with Crippen LogP contribution in [-0.4, -0.2) is 34.0 Å². The molecule has 3 rings (SSSR count). The summed E-state index contributed by atoms with van der Waals surface area (Å²) in [4.78, 5) is 17.2. The third-order valence-corrected chi connectivity index (χ3v) is 3.61. The highest BCUT2D eigenvalue weighted by Crippen LogP contribution is 2.27. The molecule has 2 heterocycles. The summed E-state index contributed by atoms with van der Waals surface area (Å²) in [6.45, 7) is 2.74. The fraction of sp³-hybridized carbons (Fsp3) is 0.333. The van der Waals surface area contributed by atoms with Crippen LogP contribution in [0.15, 0.2) is 41.0 Å². The summed E-state index contributed by atoms with van der Waals surface area (Å²) in [6.07, 6.45) is 2.17. The van der Waals surface area contributed by atoms with E-state index in [1.165, 1.54) is 11.8 Å². The average molecular weight is 272 g/mol. The molecule has 20 heavy (non-hydrogen) atoms. The molecule has 0 aliphatic carbocycles. The number of likely N-dealkylation sites (tertiary alicyclic amines) is 1. The van der Waals surface area contributed by atoms with Crippen molar-refractivity contribution in [3.8, 4) is 0 Å². The number of hydrogen-bond acceptors (Lipinski definition) is 4. The lowest BCUT2D eigenvalue weighted by atomic mass is 10.1. The van der Waals surface area contributed by atoms with E-state index >= 15 is 0 Å². The fourth-order valence-electron chi connectivity index (χ4n) is 2.59. The van der Waals surface area contributed by atoms with Crippen molar-refractivity contribution >= 4 is 5.97 Å². The Kier molecular flexibility index (Phi) is 3.52. The van der Waals surface area contributed by atoms with E-state index in [9.17, 15) is 4.79 Å². The minimum atomic E-state index is -1.04. The number of aromatic carboxylic acids is 1. The van der Waals surface area contributed by atoms with E-state index in [4.69, 9.17) is 9.52 Å². The zero-order valence-electron chi connectivity index (χ0n) is 11.0. The second kappa shape index (κ2) is 5.46. The Bertz CT molecular complexity index is 594. The van der Waals surface area contributed by atoms with Gasteiger partial charge in [-0.25, -0.2) is 9.78 Å². The molecular weight excluding hydrogens is 256 g/mol. The van der Waals surface area contributed by atoms with E-state index in [0.29, 0.717) is 5.89 Å². The molecule has 0 bridgehead atoms. The number of rotatable bonds is 4. The van der Waals surface area contributed by atoms with Gasteiger partial charge in [0.25, 0.3) is 0 Å². The van der Waals surface area contributed by atoms with E-state index in [1.54, 1.807) is 0 Å². The molecule has 5 heteroatoms. The smallest absolute Gasteiger partial charge is 0.357 e. The van der Waals surface area contributed by atoms with E-state index in [2.05, 4.69) is 22.0 Å². The number of hydrogen-bond donors (Lipinski definition) is 1. The van der Waals surface area contributed by atoms with Crippen LogP contribution < -0.4 is 0 Å². The molecule has 0 saturated carbocycles. The number of aromatic nitrogens is 1. The molecule has 1 atom stereocenters. The third kappa shape index (κ3) is 2.72. The molecule has 1 N–H and O–H groups in total. The molecule has 0 radical (unpaired) electrons. The topological polar surface area (TPSA) is 66.6 Å². The van der Waals surface area contributed by atoms with Gasteiger partial charge in [-0.1, -0.05) is 30.3 Å². The van der Waals surface area contributed by atoms with Crippen molar-refractivity contribution in [1.82, 2.24) is 9.88 Å². The Hall–Kier alpha value is -2.14. The number of benzene rings is 1. The van der Waals surface area contributed by atoms with E-state index in [0.717, 1.165) is 26.1 Å². The third-order valence-electron chi connectivity index (χ3n) is 3.61. The number of nitrogens with zero attached hydrogens (tertiary/aromatic N) is 2. The van der Waals surface area contributed by atoms with Gasteiger partial charge in [-0.3, -0.25) is 4.90 Å². The summed E-state index contributed by atoms with van der Waals surface area (Å²) in [5, 5.41) is 8.85. The standard InChI is InChI=1S/C15H16N2O3/c18-15(19)13-10-20-14(16-13)12-6-7-17(9-12)8-11-4-2-1-3-5-11/h1-5,10,12H,6-9H2,(H,18,19). The van der Waals surface area contributed by atoms with Gasteiger partial charge in [0.05, 0.1) is 0 Å². The molecule has 5 nitrogen and oxygen atoms in total. The monoisotopic (exact) mass is 272 g/mol. The minimum Gasteiger partial charge on any atom is -0.476 e. The number of oxazole rings is 1. The van der Waals surface area contributed by atoms with Crippen molar-refractivity contribution in [2.75, 3.05) is 13.1 Å². The lowest BCUT2D eigenvalue weighted by Crippen LogP contribution is -2.19. The maximum Gasteiger partial charge on any atom is 0.357 e. The van der Waals surface area contributed by atoms with Crippen molar-refractivity contribution in [3.05, 3.63) is 53.7 Å². The normalized spacial score (nSPS) is 19.3. The van der Waals surface area contributed by atoms with Crippen molar-refractivity contribution in [2.24, 2.45) is 0 Å². The first kappa shape index (κ1) is 12.9. The van der Waals surface area contributed by atoms with Crippen LogP contribution >= 0.6 is 0 Å². The first-order valence-electron chi connectivity index (χ1n) is 6.67. The molecule has 1 aromatic carbocycles. The average Bonchev–Trinajstić information content (AvgIpc) is 3.08. The van der Waals surface area contributed by atoms with Crippen LogP contribution in [0.4, 0.5) is 0 Å². The minimum absolute atomic E-state index is 0.0125. The quantitative estimate of drug-likeness (QED) is 0.925. The van der Waals surface area contributed by atoms with Gasteiger partial charge >= 0.3 is 5.97 Å². The van der Waals surface area contributed by atoms with Crippen LogP contribution in [0.2, 0.25) is 0 Å². The highest BCUT2D eigenvalue weighted by molar-refractivity contribution is 5.84. The highest BCUT2D eigenvalue weighted by atomic mass is 16.4. The number of carbonyl (C=O) groups is 1. The Morgan fingerprint density at radius 1 is 1.40 bits per heavy atom. The Balaban J connectivity index is 1.63. The Morgan fingerprint density at radius 3 is 2.90 bits per heavy atom. The SMILES string of the molecule is O=C(O)c1coc(C2CCN(Cc3ccccc3)C2)n1. The second-order valence-corrected chi connectivity index (χ2v) is 5.08. The summed E-state index contributed by atoms with van der Waals surface area (Å²) >= 11 is 0. The summed E-state index contributed by atoms with van der Waals surface area (Å²) in [5.41, 5.74) is 1.27. The molecular formula is C15H16N2O3. The highest BCUT2D eigenvalue weighted by Gasteiger charge is 2.28. The van der Waals surface area contributed by atoms with Gasteiger partial charge < -0.3 is 9.52 Å². The second-order valence-electron chi connectivity index (χ2n) is 5.08. The summed E-state index contributed by atoms with van der Waals surface area (Å²) in [6, 6.07) is 10.3. The molecule has 1 aromatic heterocycles. The number of carboxylic acids is 1. The van der Waals surface area contributed by atoms with Crippen LogP contribution in [0.3, 0.4) is 0 Å². The zero-order chi connectivity index (χ0) is 13.9. The lowest BCUT2D eigenvalue weighted by Gasteiger charge is -2.15. The molecule has 0 amide bonds. The van der Waals surface area contributed by atoms with Gasteiger partial charge in [0.2, 0.25) is 0 Å². The van der Waals surface area contributed by atoms with Gasteiger partial charge in [-0.15, -0.1) is 0 Å². The molecule has 1 aliphatic heterocycles. The van der Waals surface area contributed by atoms with Gasteiger partial charge in [0.1, 0.15) is 6.26 Å². The zero-order valence-corrected chi connectivity index (χ0v) is 11.0. The largest absolute Gasteiger partial charge is 0.476 e. The lowest BCUT2D eigenvalue weighted by molar-refractivity contribution is 0.0690. The van der Waals surface area contributed by atoms with E-state index < -0.39 is 5.97 Å². The molecule has 1 saturated heterocycles. The van der Waals surface area contributed by atoms with Crippen LogP contribution in [0.1, 0.15) is 34.3 Å². The van der Waals surface area contributed by atoms with Crippen molar-refractivity contribution in [3.63, 3.8) is 0 Å². The molecule has 0 spiro atoms. The number of carboxylic acid groups (broad SMARTS) is 1. The van der Waals surface area contributed by atoms with Crippen LogP contribution in [0.5, 0.6) is 0 Å². The van der Waals surface area contributed by atoms with Gasteiger partial charge in [-0.2, -0.15) is 0 Å². The maximum absolute atomic E-state index is 10.8. The van der Waals surface area contributed by atoms with Crippen molar-refractivity contribution < 1.29 is 14.3 Å². The van der Waals surface area contributed by atoms with Gasteiger partial charge in [0.15, 0.2) is 11.6 Å². The van der Waals surface area contributed by atoms with Crippen molar-refractivity contribution in [1.29, 1.82) is 0 Å². The summed E-state index contributed by atoms with van der Waals surface area (Å²) < 4.78 is 5.29.